The van der Waals surface area contributed by atoms with Crippen molar-refractivity contribution in [2.24, 2.45) is 0 Å². The van der Waals surface area contributed by atoms with Gasteiger partial charge in [0.25, 0.3) is 5.91 Å². The highest BCUT2D eigenvalue weighted by Gasteiger charge is 2.25. The van der Waals surface area contributed by atoms with E-state index in [2.05, 4.69) is 9.97 Å². The maximum Gasteiger partial charge on any atom is 0.255 e. The van der Waals surface area contributed by atoms with Crippen LogP contribution in [0.25, 0.3) is 11.4 Å². The second-order valence-electron chi connectivity index (χ2n) is 6.40. The molecule has 0 bridgehead atoms. The number of aromatic amines is 1. The molecule has 1 aromatic carbocycles. The number of amides is 1. The molecule has 0 spiro atoms. The minimum atomic E-state index is 0.00347. The van der Waals surface area contributed by atoms with Crippen molar-refractivity contribution in [3.8, 4) is 17.1 Å². The normalized spacial score (nSPS) is 13.4. The summed E-state index contributed by atoms with van der Waals surface area (Å²) in [6.07, 6.45) is 2.38. The van der Waals surface area contributed by atoms with E-state index >= 15 is 0 Å². The number of imidazole rings is 1. The molecule has 26 heavy (non-hydrogen) atoms. The van der Waals surface area contributed by atoms with Crippen molar-refractivity contribution in [2.75, 3.05) is 13.7 Å². The minimum absolute atomic E-state index is 0.00347. The van der Waals surface area contributed by atoms with Crippen LogP contribution in [0.2, 0.25) is 0 Å². The van der Waals surface area contributed by atoms with Crippen LogP contribution in [0.5, 0.6) is 5.75 Å². The Morgan fingerprint density at radius 1 is 1.19 bits per heavy atom. The number of pyridine rings is 1. The van der Waals surface area contributed by atoms with Gasteiger partial charge in [0, 0.05) is 30.4 Å². The van der Waals surface area contributed by atoms with Crippen LogP contribution in [0, 0.1) is 6.92 Å². The fourth-order valence-electron chi connectivity index (χ4n) is 3.13. The average Bonchev–Trinajstić information content (AvgIpc) is 3.11. The van der Waals surface area contributed by atoms with Crippen LogP contribution in [0.15, 0.2) is 42.6 Å². The van der Waals surface area contributed by atoms with E-state index in [0.29, 0.717) is 18.7 Å². The summed E-state index contributed by atoms with van der Waals surface area (Å²) >= 11 is 0. The van der Waals surface area contributed by atoms with Gasteiger partial charge in [0.1, 0.15) is 11.6 Å². The van der Waals surface area contributed by atoms with Gasteiger partial charge in [-0.25, -0.2) is 4.98 Å². The van der Waals surface area contributed by atoms with Crippen molar-refractivity contribution in [3.63, 3.8) is 0 Å². The Labute approximate surface area is 151 Å². The number of methoxy groups -OCH3 is 1. The average molecular weight is 348 g/mol. The lowest BCUT2D eigenvalue weighted by molar-refractivity contribution is 0.0731. The smallest absolute Gasteiger partial charge is 0.255 e. The van der Waals surface area contributed by atoms with Gasteiger partial charge in [-0.15, -0.1) is 0 Å². The van der Waals surface area contributed by atoms with E-state index in [0.717, 1.165) is 40.6 Å². The van der Waals surface area contributed by atoms with Crippen LogP contribution < -0.4 is 4.74 Å². The number of carbonyl (C=O) groups is 1. The summed E-state index contributed by atoms with van der Waals surface area (Å²) in [5.74, 6) is 1.64. The summed E-state index contributed by atoms with van der Waals surface area (Å²) in [6, 6.07) is 11.5. The third-order valence-corrected chi connectivity index (χ3v) is 4.64. The van der Waals surface area contributed by atoms with Crippen LogP contribution in [0.1, 0.15) is 27.4 Å². The van der Waals surface area contributed by atoms with Gasteiger partial charge in [-0.3, -0.25) is 9.78 Å². The SMILES string of the molecule is COc1ccc(-c2nc3c([nH]2)CN(C(=O)c2ccc(C)nc2)CC3)cc1. The Morgan fingerprint density at radius 3 is 2.69 bits per heavy atom. The van der Waals surface area contributed by atoms with Gasteiger partial charge in [-0.05, 0) is 43.3 Å². The number of benzene rings is 1. The number of aryl methyl sites for hydroxylation is 1. The van der Waals surface area contributed by atoms with Gasteiger partial charge in [0.15, 0.2) is 0 Å². The molecule has 0 aliphatic carbocycles. The first-order chi connectivity index (χ1) is 12.6. The van der Waals surface area contributed by atoms with Gasteiger partial charge in [0.2, 0.25) is 0 Å². The summed E-state index contributed by atoms with van der Waals surface area (Å²) in [7, 11) is 1.65. The molecule has 4 rings (SSSR count). The molecule has 0 radical (unpaired) electrons. The van der Waals surface area contributed by atoms with Crippen molar-refractivity contribution < 1.29 is 9.53 Å². The largest absolute Gasteiger partial charge is 0.497 e. The van der Waals surface area contributed by atoms with Crippen LogP contribution in [0.3, 0.4) is 0 Å². The van der Waals surface area contributed by atoms with Crippen molar-refractivity contribution in [1.82, 2.24) is 19.9 Å². The van der Waals surface area contributed by atoms with E-state index in [4.69, 9.17) is 9.72 Å². The minimum Gasteiger partial charge on any atom is -0.497 e. The quantitative estimate of drug-likeness (QED) is 0.790. The molecule has 6 heteroatoms. The number of nitrogens with zero attached hydrogens (tertiary/aromatic N) is 3. The zero-order valence-corrected chi connectivity index (χ0v) is 14.8. The van der Waals surface area contributed by atoms with Gasteiger partial charge in [-0.1, -0.05) is 0 Å². The number of rotatable bonds is 3. The zero-order valence-electron chi connectivity index (χ0n) is 14.8. The highest BCUT2D eigenvalue weighted by molar-refractivity contribution is 5.94. The molecule has 0 saturated heterocycles. The molecule has 0 fully saturated rings. The molecular formula is C20H20N4O2. The monoisotopic (exact) mass is 348 g/mol. The number of hydrogen-bond acceptors (Lipinski definition) is 4. The Balaban J connectivity index is 1.54. The summed E-state index contributed by atoms with van der Waals surface area (Å²) < 4.78 is 5.20. The summed E-state index contributed by atoms with van der Waals surface area (Å²) in [6.45, 7) is 3.10. The maximum absolute atomic E-state index is 12.7. The molecule has 3 heterocycles. The van der Waals surface area contributed by atoms with E-state index in [1.807, 2.05) is 48.2 Å². The highest BCUT2D eigenvalue weighted by atomic mass is 16.5. The number of nitrogens with one attached hydrogen (secondary N) is 1. The number of carbonyl (C=O) groups excluding carboxylic acids is 1. The van der Waals surface area contributed by atoms with Crippen LogP contribution in [-0.2, 0) is 13.0 Å². The molecule has 1 aliphatic heterocycles. The maximum atomic E-state index is 12.7. The van der Waals surface area contributed by atoms with E-state index in [1.165, 1.54) is 0 Å². The molecule has 2 aromatic heterocycles. The molecule has 1 amide bonds. The van der Waals surface area contributed by atoms with Gasteiger partial charge < -0.3 is 14.6 Å². The molecule has 0 saturated carbocycles. The third-order valence-electron chi connectivity index (χ3n) is 4.64. The van der Waals surface area contributed by atoms with Crippen LogP contribution in [0.4, 0.5) is 0 Å². The van der Waals surface area contributed by atoms with Crippen molar-refractivity contribution in [1.29, 1.82) is 0 Å². The summed E-state index contributed by atoms with van der Waals surface area (Å²) in [5.41, 5.74) is 4.55. The molecular weight excluding hydrogens is 328 g/mol. The summed E-state index contributed by atoms with van der Waals surface area (Å²) in [5, 5.41) is 0. The van der Waals surface area contributed by atoms with E-state index in [-0.39, 0.29) is 5.91 Å². The first-order valence-corrected chi connectivity index (χ1v) is 8.58. The number of aromatic nitrogens is 3. The van der Waals surface area contributed by atoms with E-state index in [1.54, 1.807) is 13.3 Å². The number of ether oxygens (including phenoxy) is 1. The second-order valence-corrected chi connectivity index (χ2v) is 6.40. The fraction of sp³-hybridized carbons (Fsp3) is 0.250. The Morgan fingerprint density at radius 2 is 2.00 bits per heavy atom. The molecule has 1 aliphatic rings. The van der Waals surface area contributed by atoms with E-state index < -0.39 is 0 Å². The van der Waals surface area contributed by atoms with Crippen molar-refractivity contribution in [2.45, 2.75) is 19.9 Å². The molecule has 6 nitrogen and oxygen atoms in total. The third kappa shape index (κ3) is 3.06. The first-order valence-electron chi connectivity index (χ1n) is 8.58. The van der Waals surface area contributed by atoms with Crippen LogP contribution in [-0.4, -0.2) is 39.4 Å². The number of H-pyrrole nitrogens is 1. The van der Waals surface area contributed by atoms with Gasteiger partial charge >= 0.3 is 0 Å². The predicted molar refractivity (Wildman–Crippen MR) is 98.0 cm³/mol. The van der Waals surface area contributed by atoms with Crippen molar-refractivity contribution in [3.05, 3.63) is 65.2 Å². The number of hydrogen-bond donors (Lipinski definition) is 1. The molecule has 0 atom stereocenters. The Kier molecular flexibility index (Phi) is 4.16. The predicted octanol–water partition coefficient (Wildman–Crippen LogP) is 2.99. The Hall–Kier alpha value is -3.15. The molecule has 3 aromatic rings. The fourth-order valence-corrected chi connectivity index (χ4v) is 3.13. The van der Waals surface area contributed by atoms with Gasteiger partial charge in [0.05, 0.1) is 30.6 Å². The van der Waals surface area contributed by atoms with Crippen LogP contribution >= 0.6 is 0 Å². The lowest BCUT2D eigenvalue weighted by atomic mass is 10.1. The lowest BCUT2D eigenvalue weighted by Gasteiger charge is -2.26. The highest BCUT2D eigenvalue weighted by Crippen LogP contribution is 2.25. The van der Waals surface area contributed by atoms with E-state index in [9.17, 15) is 4.79 Å². The zero-order chi connectivity index (χ0) is 18.1. The molecule has 1 N–H and O–H groups in total. The molecule has 0 unspecified atom stereocenters. The number of fused-ring (bicyclic) bond motifs is 1. The first kappa shape index (κ1) is 16.3. The van der Waals surface area contributed by atoms with Crippen molar-refractivity contribution >= 4 is 5.91 Å². The Bertz CT molecular complexity index is 929. The lowest BCUT2D eigenvalue weighted by Crippen LogP contribution is -2.36. The summed E-state index contributed by atoms with van der Waals surface area (Å²) in [4.78, 5) is 26.8. The van der Waals surface area contributed by atoms with Gasteiger partial charge in [-0.2, -0.15) is 0 Å². The molecule has 132 valence electrons. The second kappa shape index (κ2) is 6.63. The standard InChI is InChI=1S/C20H20N4O2/c1-13-3-4-15(11-21-13)20(25)24-10-9-17-18(12-24)23-19(22-17)14-5-7-16(26-2)8-6-14/h3-8,11H,9-10,12H2,1-2H3,(H,22,23). The topological polar surface area (TPSA) is 71.1 Å².